The van der Waals surface area contributed by atoms with E-state index in [0.717, 1.165) is 19.4 Å². The van der Waals surface area contributed by atoms with Gasteiger partial charge in [-0.2, -0.15) is 4.31 Å². The van der Waals surface area contributed by atoms with Crippen LogP contribution >= 0.6 is 0 Å². The number of morpholine rings is 1. The minimum absolute atomic E-state index is 0.0979. The number of amides is 1. The van der Waals surface area contributed by atoms with E-state index in [-0.39, 0.29) is 16.9 Å². The Labute approximate surface area is 199 Å². The normalized spacial score (nSPS) is 20.1. The van der Waals surface area contributed by atoms with Crippen LogP contribution in [0.4, 0.5) is 17.2 Å². The summed E-state index contributed by atoms with van der Waals surface area (Å²) in [6.45, 7) is 6.09. The summed E-state index contributed by atoms with van der Waals surface area (Å²) in [5.41, 5.74) is 1.19. The van der Waals surface area contributed by atoms with Gasteiger partial charge in [0.1, 0.15) is 11.8 Å². The molecule has 0 spiro atoms. The number of aryl methyl sites for hydroxylation is 1. The first kappa shape index (κ1) is 24.5. The van der Waals surface area contributed by atoms with Gasteiger partial charge in [-0.05, 0) is 44.9 Å². The van der Waals surface area contributed by atoms with Gasteiger partial charge >= 0.3 is 0 Å². The number of nitrogens with one attached hydrogen (secondary N) is 3. The van der Waals surface area contributed by atoms with Crippen molar-refractivity contribution in [2.45, 2.75) is 43.7 Å². The van der Waals surface area contributed by atoms with Crippen molar-refractivity contribution in [1.29, 1.82) is 0 Å². The molecule has 2 aliphatic heterocycles. The molecule has 2 fully saturated rings. The lowest BCUT2D eigenvalue weighted by Gasteiger charge is -2.27. The SMILES string of the molecule is Cc1cc(NC(=O)[C@H](C)Nc2cc(S(=O)(=O)N3CCOCC3)ccc2NC[C@H]2CCCO2)no1. The van der Waals surface area contributed by atoms with Crippen molar-refractivity contribution in [3.63, 3.8) is 0 Å². The summed E-state index contributed by atoms with van der Waals surface area (Å²) in [4.78, 5) is 12.8. The minimum atomic E-state index is -3.70. The molecule has 0 bridgehead atoms. The molecule has 0 saturated carbocycles. The van der Waals surface area contributed by atoms with Gasteiger partial charge < -0.3 is 29.9 Å². The van der Waals surface area contributed by atoms with Gasteiger partial charge in [-0.1, -0.05) is 5.16 Å². The van der Waals surface area contributed by atoms with Crippen LogP contribution < -0.4 is 16.0 Å². The third-order valence-corrected chi connectivity index (χ3v) is 7.68. The first-order valence-corrected chi connectivity index (χ1v) is 12.8. The number of hydrogen-bond donors (Lipinski definition) is 3. The fourth-order valence-electron chi connectivity index (χ4n) is 3.88. The highest BCUT2D eigenvalue weighted by atomic mass is 32.2. The molecule has 1 amide bonds. The van der Waals surface area contributed by atoms with Crippen LogP contribution in [0.5, 0.6) is 0 Å². The summed E-state index contributed by atoms with van der Waals surface area (Å²) in [5.74, 6) is 0.564. The van der Waals surface area contributed by atoms with Gasteiger partial charge in [-0.15, -0.1) is 0 Å². The summed E-state index contributed by atoms with van der Waals surface area (Å²) in [7, 11) is -3.70. The fourth-order valence-corrected chi connectivity index (χ4v) is 5.32. The molecule has 2 aromatic rings. The Kier molecular flexibility index (Phi) is 7.71. The van der Waals surface area contributed by atoms with E-state index in [0.29, 0.717) is 55.8 Å². The molecule has 11 nitrogen and oxygen atoms in total. The molecule has 2 aliphatic rings. The Hall–Kier alpha value is -2.67. The first-order valence-electron chi connectivity index (χ1n) is 11.4. The summed E-state index contributed by atoms with van der Waals surface area (Å²) in [5, 5.41) is 12.9. The predicted molar refractivity (Wildman–Crippen MR) is 126 cm³/mol. The summed E-state index contributed by atoms with van der Waals surface area (Å²) < 4.78 is 43.7. The summed E-state index contributed by atoms with van der Waals surface area (Å²) >= 11 is 0. The van der Waals surface area contributed by atoms with Crippen molar-refractivity contribution in [3.8, 4) is 0 Å². The fraction of sp³-hybridized carbons (Fsp3) is 0.545. The maximum Gasteiger partial charge on any atom is 0.247 e. The number of anilines is 3. The smallest absolute Gasteiger partial charge is 0.247 e. The molecule has 0 aliphatic carbocycles. The molecule has 2 atom stereocenters. The molecular weight excluding hydrogens is 462 g/mol. The minimum Gasteiger partial charge on any atom is -0.381 e. The number of sulfonamides is 1. The third kappa shape index (κ3) is 5.87. The largest absolute Gasteiger partial charge is 0.381 e. The van der Waals surface area contributed by atoms with Crippen molar-refractivity contribution in [3.05, 3.63) is 30.0 Å². The third-order valence-electron chi connectivity index (χ3n) is 5.79. The molecule has 0 unspecified atom stereocenters. The number of carbonyl (C=O) groups is 1. The Morgan fingerprint density at radius 2 is 2.00 bits per heavy atom. The highest BCUT2D eigenvalue weighted by molar-refractivity contribution is 7.89. The Morgan fingerprint density at radius 1 is 1.21 bits per heavy atom. The maximum absolute atomic E-state index is 13.2. The van der Waals surface area contributed by atoms with Gasteiger partial charge in [0.15, 0.2) is 5.82 Å². The van der Waals surface area contributed by atoms with Crippen LogP contribution in [-0.2, 0) is 24.3 Å². The van der Waals surface area contributed by atoms with Crippen LogP contribution in [0.2, 0.25) is 0 Å². The second kappa shape index (κ2) is 10.7. The van der Waals surface area contributed by atoms with Crippen molar-refractivity contribution in [1.82, 2.24) is 9.46 Å². The highest BCUT2D eigenvalue weighted by Crippen LogP contribution is 2.29. The Bertz CT molecular complexity index is 1090. The van der Waals surface area contributed by atoms with Gasteiger partial charge in [-0.3, -0.25) is 4.79 Å². The van der Waals surface area contributed by atoms with E-state index in [9.17, 15) is 13.2 Å². The van der Waals surface area contributed by atoms with E-state index < -0.39 is 16.1 Å². The lowest BCUT2D eigenvalue weighted by Crippen LogP contribution is -2.40. The van der Waals surface area contributed by atoms with Crippen LogP contribution in [0.1, 0.15) is 25.5 Å². The number of nitrogens with zero attached hydrogens (tertiary/aromatic N) is 2. The molecule has 1 aromatic heterocycles. The lowest BCUT2D eigenvalue weighted by molar-refractivity contribution is -0.116. The average Bonchev–Trinajstić information content (AvgIpc) is 3.50. The van der Waals surface area contributed by atoms with Crippen LogP contribution in [0.15, 0.2) is 33.7 Å². The van der Waals surface area contributed by atoms with Crippen LogP contribution in [0.3, 0.4) is 0 Å². The Balaban J connectivity index is 1.54. The average molecular weight is 494 g/mol. The molecule has 3 heterocycles. The quantitative estimate of drug-likeness (QED) is 0.479. The van der Waals surface area contributed by atoms with Crippen molar-refractivity contribution >= 4 is 33.1 Å². The zero-order chi connectivity index (χ0) is 24.1. The number of rotatable bonds is 9. The topological polar surface area (TPSA) is 135 Å². The second-order valence-electron chi connectivity index (χ2n) is 8.42. The molecule has 12 heteroatoms. The van der Waals surface area contributed by atoms with E-state index in [1.165, 1.54) is 4.31 Å². The predicted octanol–water partition coefficient (Wildman–Crippen LogP) is 2.03. The number of ether oxygens (including phenoxy) is 2. The van der Waals surface area contributed by atoms with Crippen molar-refractivity contribution in [2.75, 3.05) is 55.4 Å². The number of aromatic nitrogens is 1. The van der Waals surface area contributed by atoms with Crippen LogP contribution in [-0.4, -0.2) is 75.4 Å². The van der Waals surface area contributed by atoms with Crippen molar-refractivity contribution < 1.29 is 27.2 Å². The molecular formula is C22H31N5O6S. The van der Waals surface area contributed by atoms with E-state index in [1.807, 2.05) is 0 Å². The highest BCUT2D eigenvalue weighted by Gasteiger charge is 2.28. The molecule has 2 saturated heterocycles. The zero-order valence-electron chi connectivity index (χ0n) is 19.4. The van der Waals surface area contributed by atoms with E-state index in [1.54, 1.807) is 38.1 Å². The zero-order valence-corrected chi connectivity index (χ0v) is 20.2. The first-order chi connectivity index (χ1) is 16.3. The van der Waals surface area contributed by atoms with Gasteiger partial charge in [-0.25, -0.2) is 8.42 Å². The van der Waals surface area contributed by atoms with Gasteiger partial charge in [0.25, 0.3) is 0 Å². The standard InChI is InChI=1S/C22H31N5O6S/c1-15-12-21(26-33-15)25-22(28)16(2)24-20-13-18(34(29,30)27-7-10-31-11-8-27)5-6-19(20)23-14-17-4-3-9-32-17/h5-6,12-13,16-17,23-24H,3-4,7-11,14H2,1-2H3,(H,25,26,28)/t16-,17+/m0/s1. The molecule has 34 heavy (non-hydrogen) atoms. The van der Waals surface area contributed by atoms with Gasteiger partial charge in [0.2, 0.25) is 15.9 Å². The van der Waals surface area contributed by atoms with E-state index in [2.05, 4.69) is 21.1 Å². The maximum atomic E-state index is 13.2. The van der Waals surface area contributed by atoms with Crippen LogP contribution in [0, 0.1) is 6.92 Å². The molecule has 1 aromatic carbocycles. The molecule has 0 radical (unpaired) electrons. The second-order valence-corrected chi connectivity index (χ2v) is 10.4. The number of carbonyl (C=O) groups excluding carboxylic acids is 1. The Morgan fingerprint density at radius 3 is 2.68 bits per heavy atom. The molecule has 186 valence electrons. The van der Waals surface area contributed by atoms with E-state index in [4.69, 9.17) is 14.0 Å². The molecule has 4 rings (SSSR count). The number of hydrogen-bond acceptors (Lipinski definition) is 9. The van der Waals surface area contributed by atoms with E-state index >= 15 is 0 Å². The van der Waals surface area contributed by atoms with Gasteiger partial charge in [0, 0.05) is 32.3 Å². The summed E-state index contributed by atoms with van der Waals surface area (Å²) in [6, 6.07) is 5.80. The number of benzene rings is 1. The van der Waals surface area contributed by atoms with Crippen molar-refractivity contribution in [2.24, 2.45) is 0 Å². The summed E-state index contributed by atoms with van der Waals surface area (Å²) in [6.07, 6.45) is 2.09. The lowest BCUT2D eigenvalue weighted by atomic mass is 10.2. The van der Waals surface area contributed by atoms with Gasteiger partial charge in [0.05, 0.1) is 35.6 Å². The monoisotopic (exact) mass is 493 g/mol. The molecule has 3 N–H and O–H groups in total. The van der Waals surface area contributed by atoms with Crippen LogP contribution in [0.25, 0.3) is 0 Å².